The number of likely N-dealkylation sites (N-methyl/N-ethyl adjacent to an activating group) is 1. The largest absolute Gasteiger partial charge is 0.357 e. The smallest absolute Gasteiger partial charge is 0.172 e. The lowest BCUT2D eigenvalue weighted by Gasteiger charge is -2.30. The Bertz CT molecular complexity index is 1100. The molecule has 1 aromatic carbocycles. The third-order valence-corrected chi connectivity index (χ3v) is 6.27. The van der Waals surface area contributed by atoms with E-state index in [-0.39, 0.29) is 0 Å². The quantitative estimate of drug-likeness (QED) is 0.497. The first kappa shape index (κ1) is 18.0. The highest BCUT2D eigenvalue weighted by molar-refractivity contribution is 7.13. The van der Waals surface area contributed by atoms with Crippen molar-refractivity contribution in [3.63, 3.8) is 0 Å². The Morgan fingerprint density at radius 2 is 2.03 bits per heavy atom. The van der Waals surface area contributed by atoms with Gasteiger partial charge in [-0.3, -0.25) is 0 Å². The molecule has 1 aliphatic heterocycles. The molecule has 6 nitrogen and oxygen atoms in total. The van der Waals surface area contributed by atoms with Gasteiger partial charge in [-0.1, -0.05) is 18.2 Å². The summed E-state index contributed by atoms with van der Waals surface area (Å²) in [7, 11) is 2.13. The van der Waals surface area contributed by atoms with E-state index in [9.17, 15) is 0 Å². The maximum Gasteiger partial charge on any atom is 0.172 e. The number of benzene rings is 1. The maximum absolute atomic E-state index is 4.96. The van der Waals surface area contributed by atoms with Crippen LogP contribution in [-0.4, -0.2) is 46.3 Å². The van der Waals surface area contributed by atoms with Crippen molar-refractivity contribution in [3.05, 3.63) is 60.1 Å². The average Bonchev–Trinajstić information content (AvgIpc) is 3.46. The van der Waals surface area contributed by atoms with Crippen LogP contribution in [0.2, 0.25) is 0 Å². The summed E-state index contributed by atoms with van der Waals surface area (Å²) in [4.78, 5) is 15.5. The second-order valence-corrected chi connectivity index (χ2v) is 8.26. The summed E-state index contributed by atoms with van der Waals surface area (Å²) in [5, 5.41) is 11.5. The molecule has 4 aromatic rings. The van der Waals surface area contributed by atoms with Crippen LogP contribution in [0, 0.1) is 0 Å². The Hall–Kier alpha value is -3.06. The second kappa shape index (κ2) is 7.75. The zero-order valence-corrected chi connectivity index (χ0v) is 17.1. The minimum atomic E-state index is 0.385. The van der Waals surface area contributed by atoms with Gasteiger partial charge in [0.2, 0.25) is 0 Å². The Labute approximate surface area is 173 Å². The number of hydrogen-bond acceptors (Lipinski definition) is 7. The number of anilines is 2. The summed E-state index contributed by atoms with van der Waals surface area (Å²) >= 11 is 1.67. The van der Waals surface area contributed by atoms with Crippen LogP contribution in [0.15, 0.2) is 60.1 Å². The van der Waals surface area contributed by atoms with Gasteiger partial charge in [0.15, 0.2) is 11.6 Å². The Morgan fingerprint density at radius 1 is 1.10 bits per heavy atom. The molecule has 0 aliphatic carbocycles. The van der Waals surface area contributed by atoms with Crippen LogP contribution < -0.4 is 9.80 Å². The van der Waals surface area contributed by atoms with Gasteiger partial charge in [0.25, 0.3) is 0 Å². The Balaban J connectivity index is 1.48. The van der Waals surface area contributed by atoms with E-state index in [4.69, 9.17) is 9.97 Å². The number of nitrogens with zero attached hydrogens (tertiary/aromatic N) is 6. The van der Waals surface area contributed by atoms with Gasteiger partial charge in [0.05, 0.1) is 10.4 Å². The molecule has 1 fully saturated rings. The van der Waals surface area contributed by atoms with Gasteiger partial charge >= 0.3 is 0 Å². The number of thiophene rings is 1. The molecule has 0 bridgehead atoms. The van der Waals surface area contributed by atoms with Crippen molar-refractivity contribution in [1.29, 1.82) is 0 Å². The van der Waals surface area contributed by atoms with Gasteiger partial charge in [-0.25, -0.2) is 9.97 Å². The lowest BCUT2D eigenvalue weighted by molar-refractivity contribution is 0.644. The lowest BCUT2D eigenvalue weighted by atomic mass is 10.2. The molecule has 29 heavy (non-hydrogen) atoms. The van der Waals surface area contributed by atoms with Crippen LogP contribution in [0.5, 0.6) is 0 Å². The molecule has 4 heterocycles. The molecular weight excluding hydrogens is 380 g/mol. The lowest BCUT2D eigenvalue weighted by Crippen LogP contribution is -2.39. The van der Waals surface area contributed by atoms with Crippen LogP contribution in [0.25, 0.3) is 21.6 Å². The molecule has 1 unspecified atom stereocenters. The van der Waals surface area contributed by atoms with Gasteiger partial charge < -0.3 is 9.80 Å². The molecule has 7 heteroatoms. The average molecular weight is 403 g/mol. The van der Waals surface area contributed by atoms with E-state index in [1.165, 1.54) is 6.42 Å². The molecule has 0 radical (unpaired) electrons. The van der Waals surface area contributed by atoms with Crippen molar-refractivity contribution in [2.75, 3.05) is 29.9 Å². The monoisotopic (exact) mass is 402 g/mol. The van der Waals surface area contributed by atoms with E-state index < -0.39 is 0 Å². The van der Waals surface area contributed by atoms with Crippen molar-refractivity contribution in [3.8, 4) is 10.7 Å². The standard InChI is InChI=1S/C22H22N6S/c1-27(15-16-7-5-13-28(16)20-11-4-12-23-26-20)22-17-8-2-3-9-18(17)24-21(25-22)19-10-6-14-29-19/h2-4,6,8-12,14,16H,5,7,13,15H2,1H3. The van der Waals surface area contributed by atoms with E-state index in [1.54, 1.807) is 17.5 Å². The van der Waals surface area contributed by atoms with E-state index >= 15 is 0 Å². The molecule has 0 N–H and O–H groups in total. The van der Waals surface area contributed by atoms with Crippen LogP contribution >= 0.6 is 11.3 Å². The molecule has 0 saturated carbocycles. The summed E-state index contributed by atoms with van der Waals surface area (Å²) in [6.45, 7) is 1.89. The topological polar surface area (TPSA) is 58.0 Å². The Kier molecular flexibility index (Phi) is 4.81. The number of para-hydroxylation sites is 1. The van der Waals surface area contributed by atoms with Gasteiger partial charge in [-0.2, -0.15) is 5.10 Å². The highest BCUT2D eigenvalue weighted by Crippen LogP contribution is 2.30. The second-order valence-electron chi connectivity index (χ2n) is 7.32. The third-order valence-electron chi connectivity index (χ3n) is 5.40. The van der Waals surface area contributed by atoms with E-state index in [2.05, 4.69) is 56.7 Å². The predicted octanol–water partition coefficient (Wildman–Crippen LogP) is 4.25. The first-order valence-electron chi connectivity index (χ1n) is 9.86. The fourth-order valence-corrected chi connectivity index (χ4v) is 4.70. The molecule has 5 rings (SSSR count). The highest BCUT2D eigenvalue weighted by Gasteiger charge is 2.28. The predicted molar refractivity (Wildman–Crippen MR) is 119 cm³/mol. The highest BCUT2D eigenvalue weighted by atomic mass is 32.1. The molecule has 0 spiro atoms. The summed E-state index contributed by atoms with van der Waals surface area (Å²) in [5.74, 6) is 2.72. The van der Waals surface area contributed by atoms with Crippen LogP contribution in [0.3, 0.4) is 0 Å². The molecule has 1 saturated heterocycles. The SMILES string of the molecule is CN(CC1CCCN1c1cccnn1)c1nc(-c2cccs2)nc2ccccc12. The fraction of sp³-hybridized carbons (Fsp3) is 0.273. The summed E-state index contributed by atoms with van der Waals surface area (Å²) < 4.78 is 0. The van der Waals surface area contributed by atoms with Crippen molar-refractivity contribution < 1.29 is 0 Å². The summed E-state index contributed by atoms with van der Waals surface area (Å²) in [6, 6.07) is 16.7. The molecule has 3 aromatic heterocycles. The molecule has 1 aliphatic rings. The van der Waals surface area contributed by atoms with E-state index in [1.807, 2.05) is 24.3 Å². The van der Waals surface area contributed by atoms with Crippen molar-refractivity contribution in [2.45, 2.75) is 18.9 Å². The maximum atomic E-state index is 4.96. The minimum absolute atomic E-state index is 0.385. The van der Waals surface area contributed by atoms with Crippen molar-refractivity contribution in [2.24, 2.45) is 0 Å². The third kappa shape index (κ3) is 3.53. The molecule has 0 amide bonds. The van der Waals surface area contributed by atoms with Gasteiger partial charge in [0.1, 0.15) is 5.82 Å². The molecule has 1 atom stereocenters. The molecule has 146 valence electrons. The Morgan fingerprint density at radius 3 is 2.86 bits per heavy atom. The summed E-state index contributed by atoms with van der Waals surface area (Å²) in [5.41, 5.74) is 0.977. The first-order valence-corrected chi connectivity index (χ1v) is 10.7. The number of rotatable bonds is 5. The van der Waals surface area contributed by atoms with Crippen molar-refractivity contribution in [1.82, 2.24) is 20.2 Å². The number of aromatic nitrogens is 4. The van der Waals surface area contributed by atoms with Crippen LogP contribution in [-0.2, 0) is 0 Å². The van der Waals surface area contributed by atoms with Crippen LogP contribution in [0.1, 0.15) is 12.8 Å². The summed E-state index contributed by atoms with van der Waals surface area (Å²) in [6.07, 6.45) is 4.03. The van der Waals surface area contributed by atoms with E-state index in [0.29, 0.717) is 6.04 Å². The zero-order chi connectivity index (χ0) is 19.6. The fourth-order valence-electron chi connectivity index (χ4n) is 4.04. The van der Waals surface area contributed by atoms with Gasteiger partial charge in [-0.05, 0) is 48.6 Å². The normalized spacial score (nSPS) is 16.4. The zero-order valence-electron chi connectivity index (χ0n) is 16.3. The van der Waals surface area contributed by atoms with E-state index in [0.717, 1.165) is 52.8 Å². The van der Waals surface area contributed by atoms with Crippen LogP contribution in [0.4, 0.5) is 11.6 Å². The number of fused-ring (bicyclic) bond motifs is 1. The number of hydrogen-bond donors (Lipinski definition) is 0. The molecular formula is C22H22N6S. The first-order chi connectivity index (χ1) is 14.3. The van der Waals surface area contributed by atoms with Crippen molar-refractivity contribution >= 4 is 33.9 Å². The minimum Gasteiger partial charge on any atom is -0.357 e. The van der Waals surface area contributed by atoms with Gasteiger partial charge in [-0.15, -0.1) is 16.4 Å². The van der Waals surface area contributed by atoms with Gasteiger partial charge in [0, 0.05) is 37.8 Å².